The van der Waals surface area contributed by atoms with Crippen molar-refractivity contribution in [2.75, 3.05) is 20.1 Å². The highest BCUT2D eigenvalue weighted by atomic mass is 15.1. The van der Waals surface area contributed by atoms with Crippen LogP contribution in [0.2, 0.25) is 0 Å². The Morgan fingerprint density at radius 1 is 0.938 bits per heavy atom. The van der Waals surface area contributed by atoms with Gasteiger partial charge in [-0.25, -0.2) is 0 Å². The number of hydrogen-bond donors (Lipinski definition) is 1. The monoisotopic (exact) mass is 228 g/mol. The third-order valence-corrected chi connectivity index (χ3v) is 2.99. The lowest BCUT2D eigenvalue weighted by Gasteiger charge is -2.18. The fourth-order valence-electron chi connectivity index (χ4n) is 2.10. The van der Waals surface area contributed by atoms with Crippen molar-refractivity contribution in [3.63, 3.8) is 0 Å². The first-order chi connectivity index (χ1) is 7.66. The molecular weight excluding hydrogens is 196 g/mol. The van der Waals surface area contributed by atoms with Crippen LogP contribution in [-0.2, 0) is 0 Å². The third-order valence-electron chi connectivity index (χ3n) is 2.99. The molecule has 0 fully saturated rings. The molecule has 0 radical (unpaired) electrons. The van der Waals surface area contributed by atoms with Gasteiger partial charge in [-0.15, -0.1) is 0 Å². The van der Waals surface area contributed by atoms with E-state index in [-0.39, 0.29) is 0 Å². The lowest BCUT2D eigenvalue weighted by Crippen LogP contribution is -2.33. The maximum absolute atomic E-state index is 5.75. The summed E-state index contributed by atoms with van der Waals surface area (Å²) in [6, 6.07) is 0.305. The molecule has 0 amide bonds. The number of nitrogens with two attached hydrogens (primary N) is 1. The lowest BCUT2D eigenvalue weighted by molar-refractivity contribution is 0.308. The fraction of sp³-hybridized carbons (Fsp3) is 1.00. The standard InChI is InChI=1S/C14H32N2/c1-4-5-6-7-8-9-10-11-12-16(3)13-14(2)15/h14H,4-13,15H2,1-3H3. The molecule has 0 aliphatic carbocycles. The summed E-state index contributed by atoms with van der Waals surface area (Å²) >= 11 is 0. The molecule has 2 N–H and O–H groups in total. The summed E-state index contributed by atoms with van der Waals surface area (Å²) in [4.78, 5) is 2.35. The lowest BCUT2D eigenvalue weighted by atomic mass is 10.1. The van der Waals surface area contributed by atoms with Crippen molar-refractivity contribution in [1.29, 1.82) is 0 Å². The molecule has 16 heavy (non-hydrogen) atoms. The van der Waals surface area contributed by atoms with E-state index in [1.54, 1.807) is 0 Å². The van der Waals surface area contributed by atoms with E-state index in [1.165, 1.54) is 57.9 Å². The minimum atomic E-state index is 0.305. The van der Waals surface area contributed by atoms with Crippen molar-refractivity contribution in [1.82, 2.24) is 4.90 Å². The average molecular weight is 228 g/mol. The van der Waals surface area contributed by atoms with E-state index in [1.807, 2.05) is 0 Å². The van der Waals surface area contributed by atoms with Crippen molar-refractivity contribution < 1.29 is 0 Å². The molecule has 0 aromatic carbocycles. The molecule has 0 bridgehead atoms. The van der Waals surface area contributed by atoms with Gasteiger partial charge in [0, 0.05) is 12.6 Å². The van der Waals surface area contributed by atoms with Gasteiger partial charge in [-0.05, 0) is 26.9 Å². The third kappa shape index (κ3) is 12.0. The highest BCUT2D eigenvalue weighted by molar-refractivity contribution is 4.60. The Hall–Kier alpha value is -0.0800. The van der Waals surface area contributed by atoms with Crippen LogP contribution in [0.3, 0.4) is 0 Å². The second kappa shape index (κ2) is 11.4. The van der Waals surface area contributed by atoms with Gasteiger partial charge in [0.15, 0.2) is 0 Å². The first kappa shape index (κ1) is 15.9. The molecular formula is C14H32N2. The zero-order valence-corrected chi connectivity index (χ0v) is 11.7. The van der Waals surface area contributed by atoms with Crippen molar-refractivity contribution >= 4 is 0 Å². The zero-order chi connectivity index (χ0) is 12.2. The summed E-state index contributed by atoms with van der Waals surface area (Å²) in [5, 5.41) is 0. The topological polar surface area (TPSA) is 29.3 Å². The molecule has 0 heterocycles. The van der Waals surface area contributed by atoms with Crippen LogP contribution in [0.4, 0.5) is 0 Å². The predicted molar refractivity (Wildman–Crippen MR) is 73.8 cm³/mol. The molecule has 98 valence electrons. The van der Waals surface area contributed by atoms with E-state index in [2.05, 4.69) is 25.8 Å². The van der Waals surface area contributed by atoms with Crippen LogP contribution in [0.25, 0.3) is 0 Å². The number of likely N-dealkylation sites (N-methyl/N-ethyl adjacent to an activating group) is 1. The Morgan fingerprint density at radius 2 is 1.44 bits per heavy atom. The van der Waals surface area contributed by atoms with E-state index >= 15 is 0 Å². The van der Waals surface area contributed by atoms with Crippen molar-refractivity contribution in [3.05, 3.63) is 0 Å². The van der Waals surface area contributed by atoms with Gasteiger partial charge in [-0.2, -0.15) is 0 Å². The van der Waals surface area contributed by atoms with E-state index < -0.39 is 0 Å². The SMILES string of the molecule is CCCCCCCCCCN(C)CC(C)N. The Kier molecular flexibility index (Phi) is 11.3. The van der Waals surface area contributed by atoms with Crippen molar-refractivity contribution in [2.45, 2.75) is 71.3 Å². The quantitative estimate of drug-likeness (QED) is 0.549. The molecule has 0 aromatic heterocycles. The van der Waals surface area contributed by atoms with E-state index in [9.17, 15) is 0 Å². The van der Waals surface area contributed by atoms with Crippen LogP contribution in [0.5, 0.6) is 0 Å². The average Bonchev–Trinajstić information content (AvgIpc) is 2.21. The Bertz CT molecular complexity index is 135. The summed E-state index contributed by atoms with van der Waals surface area (Å²) in [5.41, 5.74) is 5.75. The normalized spacial score (nSPS) is 13.3. The second-order valence-electron chi connectivity index (χ2n) is 5.21. The second-order valence-corrected chi connectivity index (χ2v) is 5.21. The largest absolute Gasteiger partial charge is 0.327 e. The maximum Gasteiger partial charge on any atom is 0.0139 e. The smallest absolute Gasteiger partial charge is 0.0139 e. The summed E-state index contributed by atoms with van der Waals surface area (Å²) < 4.78 is 0. The summed E-state index contributed by atoms with van der Waals surface area (Å²) in [7, 11) is 2.17. The van der Waals surface area contributed by atoms with Crippen LogP contribution in [0.1, 0.15) is 65.2 Å². The molecule has 2 nitrogen and oxygen atoms in total. The minimum absolute atomic E-state index is 0.305. The van der Waals surface area contributed by atoms with E-state index in [0.29, 0.717) is 6.04 Å². The molecule has 1 unspecified atom stereocenters. The first-order valence-electron chi connectivity index (χ1n) is 7.11. The number of hydrogen-bond acceptors (Lipinski definition) is 2. The fourth-order valence-corrected chi connectivity index (χ4v) is 2.10. The molecule has 0 saturated carbocycles. The van der Waals surface area contributed by atoms with Gasteiger partial charge < -0.3 is 10.6 Å². The molecule has 2 heteroatoms. The van der Waals surface area contributed by atoms with Crippen LogP contribution in [0, 0.1) is 0 Å². The highest BCUT2D eigenvalue weighted by Gasteiger charge is 2.00. The Balaban J connectivity index is 3.08. The van der Waals surface area contributed by atoms with Crippen molar-refractivity contribution in [2.24, 2.45) is 5.73 Å². The van der Waals surface area contributed by atoms with Crippen LogP contribution in [0.15, 0.2) is 0 Å². The van der Waals surface area contributed by atoms with Gasteiger partial charge in [0.1, 0.15) is 0 Å². The van der Waals surface area contributed by atoms with Gasteiger partial charge in [-0.3, -0.25) is 0 Å². The predicted octanol–water partition coefficient (Wildman–Crippen LogP) is 3.41. The maximum atomic E-state index is 5.75. The van der Waals surface area contributed by atoms with Gasteiger partial charge >= 0.3 is 0 Å². The summed E-state index contributed by atoms with van der Waals surface area (Å²) in [5.74, 6) is 0. The van der Waals surface area contributed by atoms with Crippen LogP contribution in [-0.4, -0.2) is 31.1 Å². The van der Waals surface area contributed by atoms with Gasteiger partial charge in [0.2, 0.25) is 0 Å². The Morgan fingerprint density at radius 3 is 1.94 bits per heavy atom. The molecule has 0 aromatic rings. The molecule has 0 aliphatic rings. The molecule has 0 aliphatic heterocycles. The number of rotatable bonds is 11. The molecule has 1 atom stereocenters. The minimum Gasteiger partial charge on any atom is -0.327 e. The van der Waals surface area contributed by atoms with Crippen molar-refractivity contribution in [3.8, 4) is 0 Å². The number of unbranched alkanes of at least 4 members (excludes halogenated alkanes) is 7. The van der Waals surface area contributed by atoms with E-state index in [0.717, 1.165) is 6.54 Å². The molecule has 0 rings (SSSR count). The van der Waals surface area contributed by atoms with Gasteiger partial charge in [0.05, 0.1) is 0 Å². The van der Waals surface area contributed by atoms with Crippen LogP contribution < -0.4 is 5.73 Å². The molecule has 0 spiro atoms. The first-order valence-corrected chi connectivity index (χ1v) is 7.11. The molecule has 0 saturated heterocycles. The summed E-state index contributed by atoms with van der Waals surface area (Å²) in [6.07, 6.45) is 11.2. The Labute approximate surface area is 103 Å². The zero-order valence-electron chi connectivity index (χ0n) is 11.7. The summed E-state index contributed by atoms with van der Waals surface area (Å²) in [6.45, 7) is 6.57. The van der Waals surface area contributed by atoms with Crippen LogP contribution >= 0.6 is 0 Å². The van der Waals surface area contributed by atoms with Gasteiger partial charge in [0.25, 0.3) is 0 Å². The number of nitrogens with zero attached hydrogens (tertiary/aromatic N) is 1. The van der Waals surface area contributed by atoms with E-state index in [4.69, 9.17) is 5.73 Å². The highest BCUT2D eigenvalue weighted by Crippen LogP contribution is 2.08. The van der Waals surface area contributed by atoms with Gasteiger partial charge in [-0.1, -0.05) is 51.9 Å².